The van der Waals surface area contributed by atoms with E-state index in [0.717, 1.165) is 31.2 Å². The Kier molecular flexibility index (Phi) is 9.77. The van der Waals surface area contributed by atoms with Crippen molar-refractivity contribution in [2.75, 3.05) is 52.6 Å². The van der Waals surface area contributed by atoms with Crippen molar-refractivity contribution >= 4 is 60.9 Å². The van der Waals surface area contributed by atoms with E-state index in [4.69, 9.17) is 11.6 Å². The zero-order chi connectivity index (χ0) is 28.4. The van der Waals surface area contributed by atoms with Gasteiger partial charge < -0.3 is 9.80 Å². The zero-order valence-electron chi connectivity index (χ0n) is 22.2. The summed E-state index contributed by atoms with van der Waals surface area (Å²) in [4.78, 5) is 32.5. The Balaban J connectivity index is 1.31. The highest BCUT2D eigenvalue weighted by atomic mass is 35.5. The summed E-state index contributed by atoms with van der Waals surface area (Å²) in [6.45, 7) is 2.98. The summed E-state index contributed by atoms with van der Waals surface area (Å²) in [7, 11) is -5.52. The van der Waals surface area contributed by atoms with Crippen molar-refractivity contribution in [3.05, 3.63) is 26.8 Å². The quantitative estimate of drug-likeness (QED) is 0.416. The molecule has 11 nitrogen and oxygen atoms in total. The number of carbonyl (C=O) groups is 2. The lowest BCUT2D eigenvalue weighted by Crippen LogP contribution is -2.55. The molecule has 1 N–H and O–H groups in total. The van der Waals surface area contributed by atoms with Gasteiger partial charge in [0.15, 0.2) is 0 Å². The van der Waals surface area contributed by atoms with Gasteiger partial charge in [-0.1, -0.05) is 11.6 Å². The average molecular weight is 622 g/mol. The van der Waals surface area contributed by atoms with E-state index in [0.29, 0.717) is 48.2 Å². The van der Waals surface area contributed by atoms with Gasteiger partial charge in [-0.2, -0.15) is 4.72 Å². The van der Waals surface area contributed by atoms with E-state index in [1.54, 1.807) is 19.2 Å². The number of amides is 2. The molecule has 4 heterocycles. The third-order valence-electron chi connectivity index (χ3n) is 7.62. The molecule has 39 heavy (non-hydrogen) atoms. The second kappa shape index (κ2) is 12.5. The molecule has 3 atom stereocenters. The van der Waals surface area contributed by atoms with Crippen LogP contribution in [0.1, 0.15) is 37.0 Å². The van der Waals surface area contributed by atoms with E-state index < -0.39 is 32.0 Å². The Hall–Kier alpha value is -1.55. The van der Waals surface area contributed by atoms with Crippen molar-refractivity contribution in [3.8, 4) is 0 Å². The Bertz CT molecular complexity index is 1300. The van der Waals surface area contributed by atoms with Crippen LogP contribution < -0.4 is 4.72 Å². The van der Waals surface area contributed by atoms with E-state index in [1.807, 2.05) is 4.90 Å². The molecule has 1 aromatic heterocycles. The summed E-state index contributed by atoms with van der Waals surface area (Å²) < 4.78 is 53.4. The number of carbonyl (C=O) groups excluding carboxylic acids is 2. The van der Waals surface area contributed by atoms with Crippen LogP contribution in [0.3, 0.4) is 0 Å². The number of hydrogen-bond donors (Lipinski definition) is 1. The van der Waals surface area contributed by atoms with Crippen LogP contribution >= 0.6 is 22.9 Å². The molecule has 3 aliphatic rings. The summed E-state index contributed by atoms with van der Waals surface area (Å²) in [5.74, 6) is -0.541. The Labute approximate surface area is 239 Å². The molecule has 3 saturated heterocycles. The lowest BCUT2D eigenvalue weighted by Gasteiger charge is -2.34. The molecule has 0 aromatic carbocycles. The van der Waals surface area contributed by atoms with Gasteiger partial charge in [0.25, 0.3) is 0 Å². The molecule has 0 saturated carbocycles. The van der Waals surface area contributed by atoms with Crippen LogP contribution in [0.25, 0.3) is 6.08 Å². The van der Waals surface area contributed by atoms with E-state index in [1.165, 1.54) is 32.9 Å². The fourth-order valence-electron chi connectivity index (χ4n) is 5.47. The second-order valence-corrected chi connectivity index (χ2v) is 15.8. The van der Waals surface area contributed by atoms with Crippen LogP contribution in [0.4, 0.5) is 0 Å². The summed E-state index contributed by atoms with van der Waals surface area (Å²) in [5, 5.41) is 1.03. The Morgan fingerprint density at radius 1 is 1.15 bits per heavy atom. The standard InChI is InChI=1S/C24H36ClN5O6S3/c1-27(38(2,33)34)18-9-13-28(15-18)16-19-5-3-12-30(19)23(31)17-29-11-4-6-21(24(29)32)26-39(35,36)14-10-20-7-8-22(25)37-20/h7-8,10,14,18-19,21,26H,3-6,9,11-13,15-17H2,1-2H3/t18?,19-,21-/m0/s1. The van der Waals surface area contributed by atoms with Crippen LogP contribution in [0.2, 0.25) is 4.34 Å². The zero-order valence-corrected chi connectivity index (χ0v) is 25.4. The predicted octanol–water partition coefficient (Wildman–Crippen LogP) is 1.24. The van der Waals surface area contributed by atoms with Gasteiger partial charge in [0.05, 0.1) is 17.1 Å². The average Bonchev–Trinajstić information content (AvgIpc) is 3.61. The Morgan fingerprint density at radius 3 is 2.59 bits per heavy atom. The van der Waals surface area contributed by atoms with Crippen LogP contribution in [0.5, 0.6) is 0 Å². The molecular formula is C24H36ClN5O6S3. The number of halogens is 1. The van der Waals surface area contributed by atoms with Crippen molar-refractivity contribution in [1.29, 1.82) is 0 Å². The fourth-order valence-corrected chi connectivity index (χ4v) is 8.25. The number of likely N-dealkylation sites (tertiary alicyclic amines) is 3. The fraction of sp³-hybridized carbons (Fsp3) is 0.667. The maximum absolute atomic E-state index is 13.3. The second-order valence-electron chi connectivity index (χ2n) is 10.4. The number of piperidine rings is 1. The van der Waals surface area contributed by atoms with Crippen LogP contribution in [-0.2, 0) is 29.6 Å². The largest absolute Gasteiger partial charge is 0.337 e. The summed E-state index contributed by atoms with van der Waals surface area (Å²) in [5.41, 5.74) is 0. The molecule has 0 bridgehead atoms. The van der Waals surface area contributed by atoms with Crippen molar-refractivity contribution < 1.29 is 26.4 Å². The van der Waals surface area contributed by atoms with E-state index in [2.05, 4.69) is 9.62 Å². The predicted molar refractivity (Wildman–Crippen MR) is 152 cm³/mol. The van der Waals surface area contributed by atoms with Gasteiger partial charge in [0.1, 0.15) is 6.04 Å². The van der Waals surface area contributed by atoms with Crippen molar-refractivity contribution in [3.63, 3.8) is 0 Å². The molecule has 2 amide bonds. The maximum Gasteiger partial charge on any atom is 0.242 e. The molecule has 4 rings (SSSR count). The normalized spacial score (nSPS) is 25.4. The van der Waals surface area contributed by atoms with Crippen molar-refractivity contribution in [1.82, 2.24) is 23.7 Å². The van der Waals surface area contributed by atoms with E-state index >= 15 is 0 Å². The molecule has 3 aliphatic heterocycles. The number of nitrogens with one attached hydrogen (secondary N) is 1. The highest BCUT2D eigenvalue weighted by Crippen LogP contribution is 2.24. The summed E-state index contributed by atoms with van der Waals surface area (Å²) >= 11 is 7.13. The van der Waals surface area contributed by atoms with Gasteiger partial charge in [-0.3, -0.25) is 14.5 Å². The first kappa shape index (κ1) is 30.4. The van der Waals surface area contributed by atoms with Gasteiger partial charge in [-0.15, -0.1) is 11.3 Å². The van der Waals surface area contributed by atoms with E-state index in [9.17, 15) is 26.4 Å². The smallest absolute Gasteiger partial charge is 0.242 e. The van der Waals surface area contributed by atoms with Gasteiger partial charge in [-0.05, 0) is 56.9 Å². The first-order valence-electron chi connectivity index (χ1n) is 13.0. The first-order chi connectivity index (χ1) is 18.3. The third kappa shape index (κ3) is 8.02. The lowest BCUT2D eigenvalue weighted by molar-refractivity contribution is -0.143. The molecular weight excluding hydrogens is 586 g/mol. The van der Waals surface area contributed by atoms with Crippen LogP contribution in [-0.4, -0.2) is 118 Å². The highest BCUT2D eigenvalue weighted by molar-refractivity contribution is 7.92. The van der Waals surface area contributed by atoms with Gasteiger partial charge >= 0.3 is 0 Å². The van der Waals surface area contributed by atoms with Crippen LogP contribution in [0.15, 0.2) is 17.5 Å². The molecule has 1 unspecified atom stereocenters. The van der Waals surface area contributed by atoms with Crippen LogP contribution in [0, 0.1) is 0 Å². The van der Waals surface area contributed by atoms with Crippen molar-refractivity contribution in [2.45, 2.75) is 50.2 Å². The topological polar surface area (TPSA) is 127 Å². The molecule has 3 fully saturated rings. The molecule has 0 spiro atoms. The minimum Gasteiger partial charge on any atom is -0.337 e. The SMILES string of the molecule is CN(C1CCN(C[C@@H]2CCCN2C(=O)CN2CCC[C@H](NS(=O)(=O)C=Cc3ccc(Cl)s3)C2=O)C1)S(C)(=O)=O. The molecule has 1 aromatic rings. The number of rotatable bonds is 10. The van der Waals surface area contributed by atoms with Gasteiger partial charge in [-0.25, -0.2) is 21.1 Å². The van der Waals surface area contributed by atoms with E-state index in [-0.39, 0.29) is 24.5 Å². The number of thiophene rings is 1. The maximum atomic E-state index is 13.3. The lowest BCUT2D eigenvalue weighted by atomic mass is 10.1. The van der Waals surface area contributed by atoms with Gasteiger partial charge in [0, 0.05) is 55.6 Å². The number of sulfonamides is 2. The molecule has 218 valence electrons. The number of likely N-dealkylation sites (N-methyl/N-ethyl adjacent to an activating group) is 1. The number of nitrogens with zero attached hydrogens (tertiary/aromatic N) is 4. The monoisotopic (exact) mass is 621 g/mol. The first-order valence-corrected chi connectivity index (χ1v) is 17.6. The third-order valence-corrected chi connectivity index (χ3v) is 11.3. The number of hydrogen-bond acceptors (Lipinski definition) is 8. The summed E-state index contributed by atoms with van der Waals surface area (Å²) in [6.07, 6.45) is 6.07. The molecule has 15 heteroatoms. The van der Waals surface area contributed by atoms with Crippen molar-refractivity contribution in [2.24, 2.45) is 0 Å². The summed E-state index contributed by atoms with van der Waals surface area (Å²) in [6, 6.07) is 2.39. The minimum absolute atomic E-state index is 0.00451. The molecule has 0 radical (unpaired) electrons. The van der Waals surface area contributed by atoms with Gasteiger partial charge in [0.2, 0.25) is 31.9 Å². The minimum atomic E-state index is -3.87. The highest BCUT2D eigenvalue weighted by Gasteiger charge is 2.37. The molecule has 0 aliphatic carbocycles. The Morgan fingerprint density at radius 2 is 1.90 bits per heavy atom.